The Labute approximate surface area is 216 Å². The number of thiazole rings is 1. The normalized spacial score (nSPS) is 11.2. The number of nitrogens with one attached hydrogen (secondary N) is 1. The van der Waals surface area contributed by atoms with Crippen LogP contribution in [0, 0.1) is 6.92 Å². The minimum atomic E-state index is -0.104. The predicted molar refractivity (Wildman–Crippen MR) is 145 cm³/mol. The van der Waals surface area contributed by atoms with E-state index in [1.807, 2.05) is 66.1 Å². The lowest BCUT2D eigenvalue weighted by molar-refractivity contribution is -0.113. The third-order valence-corrected chi connectivity index (χ3v) is 7.68. The maximum atomic E-state index is 12.6. The van der Waals surface area contributed by atoms with Crippen LogP contribution in [0.3, 0.4) is 0 Å². The Kier molecular flexibility index (Phi) is 6.86. The largest absolute Gasteiger partial charge is 0.325 e. The van der Waals surface area contributed by atoms with E-state index < -0.39 is 0 Å². The summed E-state index contributed by atoms with van der Waals surface area (Å²) in [5.41, 5.74) is 4.89. The highest BCUT2D eigenvalue weighted by molar-refractivity contribution is 7.99. The van der Waals surface area contributed by atoms with E-state index in [9.17, 15) is 4.79 Å². The van der Waals surface area contributed by atoms with Gasteiger partial charge in [0.25, 0.3) is 0 Å². The third kappa shape index (κ3) is 5.24. The van der Waals surface area contributed by atoms with Gasteiger partial charge in [0.2, 0.25) is 5.91 Å². The Balaban J connectivity index is 1.23. The molecule has 0 aliphatic heterocycles. The summed E-state index contributed by atoms with van der Waals surface area (Å²) in [5.74, 6) is 0.860. The number of aromatic nitrogens is 4. The second-order valence-electron chi connectivity index (χ2n) is 7.97. The number of thioether (sulfide) groups is 1. The first kappa shape index (κ1) is 23.5. The molecule has 0 bridgehead atoms. The van der Waals surface area contributed by atoms with Crippen molar-refractivity contribution in [2.45, 2.75) is 25.5 Å². The summed E-state index contributed by atoms with van der Waals surface area (Å²) >= 11 is 9.16. The van der Waals surface area contributed by atoms with Gasteiger partial charge in [-0.05, 0) is 67.9 Å². The van der Waals surface area contributed by atoms with Crippen LogP contribution < -0.4 is 5.32 Å². The molecule has 0 spiro atoms. The highest BCUT2D eigenvalue weighted by atomic mass is 35.5. The van der Waals surface area contributed by atoms with Gasteiger partial charge in [-0.3, -0.25) is 4.79 Å². The molecule has 0 aliphatic carbocycles. The zero-order valence-corrected chi connectivity index (χ0v) is 21.5. The molecule has 2 aromatic heterocycles. The van der Waals surface area contributed by atoms with Crippen LogP contribution in [0.4, 0.5) is 5.69 Å². The first-order chi connectivity index (χ1) is 17.0. The molecule has 5 aromatic rings. The zero-order valence-electron chi connectivity index (χ0n) is 19.2. The van der Waals surface area contributed by atoms with Crippen molar-refractivity contribution in [1.29, 1.82) is 0 Å². The van der Waals surface area contributed by atoms with Crippen LogP contribution in [0.15, 0.2) is 71.9 Å². The van der Waals surface area contributed by atoms with E-state index >= 15 is 0 Å². The first-order valence-corrected chi connectivity index (χ1v) is 13.3. The standard InChI is InChI=1S/C26H22ClN5OS2/c1-3-32-24(18-5-4-6-19(27)14-18)30-31-26(32)34-15-23(33)28-20-10-8-17(9-11-20)25-29-21-12-7-16(2)13-22(21)35-25/h4-14H,3,15H2,1-2H3,(H,28,33). The van der Waals surface area contributed by atoms with E-state index in [1.54, 1.807) is 11.3 Å². The van der Waals surface area contributed by atoms with Crippen LogP contribution in [-0.2, 0) is 11.3 Å². The Morgan fingerprint density at radius 3 is 2.66 bits per heavy atom. The monoisotopic (exact) mass is 519 g/mol. The fourth-order valence-corrected chi connectivity index (χ4v) is 5.76. The number of hydrogen-bond donors (Lipinski definition) is 1. The summed E-state index contributed by atoms with van der Waals surface area (Å²) in [6, 6.07) is 21.6. The molecule has 0 saturated heterocycles. The quantitative estimate of drug-likeness (QED) is 0.236. The van der Waals surface area contributed by atoms with Crippen LogP contribution >= 0.6 is 34.7 Å². The molecule has 35 heavy (non-hydrogen) atoms. The average Bonchev–Trinajstić information content (AvgIpc) is 3.46. The molecule has 1 N–H and O–H groups in total. The van der Waals surface area contributed by atoms with E-state index in [0.717, 1.165) is 33.2 Å². The number of nitrogens with zero attached hydrogens (tertiary/aromatic N) is 4. The molecule has 176 valence electrons. The van der Waals surface area contributed by atoms with Crippen molar-refractivity contribution >= 4 is 56.5 Å². The molecule has 5 rings (SSSR count). The van der Waals surface area contributed by atoms with Gasteiger partial charge < -0.3 is 9.88 Å². The fraction of sp³-hybridized carbons (Fsp3) is 0.154. The van der Waals surface area contributed by atoms with Crippen molar-refractivity contribution in [1.82, 2.24) is 19.7 Å². The Morgan fingerprint density at radius 2 is 1.89 bits per heavy atom. The van der Waals surface area contributed by atoms with Gasteiger partial charge in [0.1, 0.15) is 5.01 Å². The van der Waals surface area contributed by atoms with Gasteiger partial charge in [-0.25, -0.2) is 4.98 Å². The average molecular weight is 520 g/mol. The van der Waals surface area contributed by atoms with Crippen molar-refractivity contribution in [3.05, 3.63) is 77.3 Å². The number of carbonyl (C=O) groups excluding carboxylic acids is 1. The molecule has 9 heteroatoms. The number of aryl methyl sites for hydroxylation is 1. The lowest BCUT2D eigenvalue weighted by Gasteiger charge is -2.08. The number of fused-ring (bicyclic) bond motifs is 1. The lowest BCUT2D eigenvalue weighted by atomic mass is 10.2. The summed E-state index contributed by atoms with van der Waals surface area (Å²) in [5, 5.41) is 13.9. The molecule has 0 aliphatic rings. The molecular weight excluding hydrogens is 498 g/mol. The maximum Gasteiger partial charge on any atom is 0.234 e. The van der Waals surface area contributed by atoms with Crippen molar-refractivity contribution in [3.63, 3.8) is 0 Å². The third-order valence-electron chi connectivity index (χ3n) is 5.41. The van der Waals surface area contributed by atoms with E-state index in [1.165, 1.54) is 22.0 Å². The number of amides is 1. The summed E-state index contributed by atoms with van der Waals surface area (Å²) in [6.45, 7) is 4.79. The molecule has 0 radical (unpaired) electrons. The number of carbonyl (C=O) groups is 1. The summed E-state index contributed by atoms with van der Waals surface area (Å²) < 4.78 is 3.16. The smallest absolute Gasteiger partial charge is 0.234 e. The van der Waals surface area contributed by atoms with Crippen molar-refractivity contribution < 1.29 is 4.79 Å². The van der Waals surface area contributed by atoms with Gasteiger partial charge in [-0.15, -0.1) is 21.5 Å². The van der Waals surface area contributed by atoms with Gasteiger partial charge in [-0.1, -0.05) is 41.6 Å². The van der Waals surface area contributed by atoms with E-state index in [4.69, 9.17) is 16.6 Å². The van der Waals surface area contributed by atoms with Gasteiger partial charge >= 0.3 is 0 Å². The molecule has 6 nitrogen and oxygen atoms in total. The molecule has 3 aromatic carbocycles. The van der Waals surface area contributed by atoms with E-state index in [2.05, 4.69) is 34.6 Å². The second-order valence-corrected chi connectivity index (χ2v) is 10.4. The minimum Gasteiger partial charge on any atom is -0.325 e. The molecule has 0 atom stereocenters. The highest BCUT2D eigenvalue weighted by Gasteiger charge is 2.15. The molecule has 0 saturated carbocycles. The van der Waals surface area contributed by atoms with Gasteiger partial charge in [0.15, 0.2) is 11.0 Å². The Hall–Kier alpha value is -3.20. The lowest BCUT2D eigenvalue weighted by Crippen LogP contribution is -2.14. The van der Waals surface area contributed by atoms with Crippen LogP contribution in [0.25, 0.3) is 32.2 Å². The number of rotatable bonds is 7. The zero-order chi connectivity index (χ0) is 24.4. The Bertz CT molecular complexity index is 1510. The van der Waals surface area contributed by atoms with Gasteiger partial charge in [0, 0.05) is 28.4 Å². The molecule has 0 fully saturated rings. The number of benzene rings is 3. The highest BCUT2D eigenvalue weighted by Crippen LogP contribution is 2.31. The predicted octanol–water partition coefficient (Wildman–Crippen LogP) is 6.93. The molecule has 2 heterocycles. The maximum absolute atomic E-state index is 12.6. The number of halogens is 1. The van der Waals surface area contributed by atoms with E-state index in [-0.39, 0.29) is 11.7 Å². The van der Waals surface area contributed by atoms with Crippen molar-refractivity contribution in [2.75, 3.05) is 11.1 Å². The van der Waals surface area contributed by atoms with Crippen LogP contribution in [-0.4, -0.2) is 31.4 Å². The van der Waals surface area contributed by atoms with Gasteiger partial charge in [0.05, 0.1) is 16.0 Å². The van der Waals surface area contributed by atoms with E-state index in [0.29, 0.717) is 16.7 Å². The topological polar surface area (TPSA) is 72.7 Å². The first-order valence-electron chi connectivity index (χ1n) is 11.1. The SMILES string of the molecule is CCn1c(SCC(=O)Nc2ccc(-c3nc4ccc(C)cc4s3)cc2)nnc1-c1cccc(Cl)c1. The molecule has 1 amide bonds. The van der Waals surface area contributed by atoms with Crippen LogP contribution in [0.1, 0.15) is 12.5 Å². The molecule has 0 unspecified atom stereocenters. The fourth-order valence-electron chi connectivity index (χ4n) is 3.70. The minimum absolute atomic E-state index is 0.104. The summed E-state index contributed by atoms with van der Waals surface area (Å²) in [6.07, 6.45) is 0. The summed E-state index contributed by atoms with van der Waals surface area (Å²) in [7, 11) is 0. The van der Waals surface area contributed by atoms with Gasteiger partial charge in [-0.2, -0.15) is 0 Å². The van der Waals surface area contributed by atoms with Crippen molar-refractivity contribution in [3.8, 4) is 22.0 Å². The van der Waals surface area contributed by atoms with Crippen LogP contribution in [0.5, 0.6) is 0 Å². The second kappa shape index (κ2) is 10.2. The number of anilines is 1. The van der Waals surface area contributed by atoms with Crippen LogP contribution in [0.2, 0.25) is 5.02 Å². The number of hydrogen-bond acceptors (Lipinski definition) is 6. The van der Waals surface area contributed by atoms with Crippen molar-refractivity contribution in [2.24, 2.45) is 0 Å². The summed E-state index contributed by atoms with van der Waals surface area (Å²) in [4.78, 5) is 17.3. The Morgan fingerprint density at radius 1 is 1.06 bits per heavy atom. The molecular formula is C26H22ClN5OS2.